The second kappa shape index (κ2) is 6.98. The molecule has 112 valence electrons. The molecule has 0 aliphatic carbocycles. The minimum absolute atomic E-state index is 0.133. The standard InChI is InChI=1S/C14H13ClF2N2OS/c1-19(7-10-3-5-13(15)21-10)8-14(20)18-9-2-4-11(16)12(17)6-9/h2-6H,7-8H2,1H3,(H,18,20). The smallest absolute Gasteiger partial charge is 0.238 e. The highest BCUT2D eigenvalue weighted by atomic mass is 35.5. The average Bonchev–Trinajstić information content (AvgIpc) is 2.79. The van der Waals surface area contributed by atoms with Gasteiger partial charge in [0.1, 0.15) is 0 Å². The molecule has 0 bridgehead atoms. The van der Waals surface area contributed by atoms with Gasteiger partial charge in [0.15, 0.2) is 11.6 Å². The maximum atomic E-state index is 13.0. The molecule has 0 spiro atoms. The van der Waals surface area contributed by atoms with Crippen molar-refractivity contribution in [1.82, 2.24) is 4.90 Å². The highest BCUT2D eigenvalue weighted by molar-refractivity contribution is 7.16. The predicted octanol–water partition coefficient (Wildman–Crippen LogP) is 3.75. The van der Waals surface area contributed by atoms with Crippen molar-refractivity contribution in [1.29, 1.82) is 0 Å². The third-order valence-electron chi connectivity index (χ3n) is 2.67. The molecule has 0 saturated heterocycles. The molecular weight excluding hydrogens is 318 g/mol. The molecule has 0 saturated carbocycles. The predicted molar refractivity (Wildman–Crippen MR) is 80.7 cm³/mol. The van der Waals surface area contributed by atoms with E-state index in [2.05, 4.69) is 5.32 Å². The summed E-state index contributed by atoms with van der Waals surface area (Å²) < 4.78 is 26.5. The number of carbonyl (C=O) groups excluding carboxylic acids is 1. The number of hydrogen-bond acceptors (Lipinski definition) is 3. The summed E-state index contributed by atoms with van der Waals surface area (Å²) in [5, 5.41) is 2.52. The van der Waals surface area contributed by atoms with Crippen LogP contribution in [0.5, 0.6) is 0 Å². The summed E-state index contributed by atoms with van der Waals surface area (Å²) >= 11 is 7.29. The van der Waals surface area contributed by atoms with Crippen molar-refractivity contribution in [2.24, 2.45) is 0 Å². The topological polar surface area (TPSA) is 32.3 Å². The fourth-order valence-electron chi connectivity index (χ4n) is 1.78. The molecule has 1 heterocycles. The van der Waals surface area contributed by atoms with Gasteiger partial charge in [0.05, 0.1) is 10.9 Å². The lowest BCUT2D eigenvalue weighted by molar-refractivity contribution is -0.117. The highest BCUT2D eigenvalue weighted by Gasteiger charge is 2.10. The van der Waals surface area contributed by atoms with Crippen LogP contribution in [-0.2, 0) is 11.3 Å². The van der Waals surface area contributed by atoms with Crippen LogP contribution in [0.4, 0.5) is 14.5 Å². The quantitative estimate of drug-likeness (QED) is 0.905. The van der Waals surface area contributed by atoms with Gasteiger partial charge in [0.2, 0.25) is 5.91 Å². The molecule has 3 nitrogen and oxygen atoms in total. The number of nitrogens with one attached hydrogen (secondary N) is 1. The van der Waals surface area contributed by atoms with E-state index in [1.54, 1.807) is 18.0 Å². The lowest BCUT2D eigenvalue weighted by Crippen LogP contribution is -2.29. The molecule has 0 unspecified atom stereocenters. The van der Waals surface area contributed by atoms with E-state index in [4.69, 9.17) is 11.6 Å². The van der Waals surface area contributed by atoms with E-state index in [1.165, 1.54) is 17.4 Å². The molecule has 0 radical (unpaired) electrons. The van der Waals surface area contributed by atoms with Gasteiger partial charge in [0.25, 0.3) is 0 Å². The molecule has 7 heteroatoms. The number of carbonyl (C=O) groups is 1. The number of benzene rings is 1. The van der Waals surface area contributed by atoms with Crippen LogP contribution in [0, 0.1) is 11.6 Å². The summed E-state index contributed by atoms with van der Waals surface area (Å²) in [6, 6.07) is 6.94. The van der Waals surface area contributed by atoms with Gasteiger partial charge in [0, 0.05) is 23.2 Å². The van der Waals surface area contributed by atoms with E-state index in [-0.39, 0.29) is 18.1 Å². The number of halogens is 3. The van der Waals surface area contributed by atoms with Crippen LogP contribution >= 0.6 is 22.9 Å². The number of thiophene rings is 1. The third kappa shape index (κ3) is 4.77. The number of anilines is 1. The van der Waals surface area contributed by atoms with Crippen molar-refractivity contribution in [3.63, 3.8) is 0 Å². The summed E-state index contributed by atoms with van der Waals surface area (Å²) in [5.41, 5.74) is 0.228. The summed E-state index contributed by atoms with van der Waals surface area (Å²) in [6.07, 6.45) is 0. The largest absolute Gasteiger partial charge is 0.325 e. The first-order chi connectivity index (χ1) is 9.94. The minimum atomic E-state index is -0.991. The van der Waals surface area contributed by atoms with Crippen LogP contribution in [0.1, 0.15) is 4.88 Å². The Morgan fingerprint density at radius 2 is 2.05 bits per heavy atom. The van der Waals surface area contributed by atoms with Gasteiger partial charge >= 0.3 is 0 Å². The Bertz CT molecular complexity index is 648. The maximum absolute atomic E-state index is 13.0. The zero-order valence-electron chi connectivity index (χ0n) is 11.2. The Morgan fingerprint density at radius 1 is 1.29 bits per heavy atom. The van der Waals surface area contributed by atoms with Gasteiger partial charge in [-0.15, -0.1) is 11.3 Å². The normalized spacial score (nSPS) is 10.9. The van der Waals surface area contributed by atoms with Crippen LogP contribution in [0.3, 0.4) is 0 Å². The Hall–Kier alpha value is -1.50. The SMILES string of the molecule is CN(CC(=O)Nc1ccc(F)c(F)c1)Cc1ccc(Cl)s1. The summed E-state index contributed by atoms with van der Waals surface area (Å²) in [4.78, 5) is 14.7. The van der Waals surface area contributed by atoms with Crippen molar-refractivity contribution >= 4 is 34.5 Å². The summed E-state index contributed by atoms with van der Waals surface area (Å²) in [5.74, 6) is -2.24. The van der Waals surface area contributed by atoms with E-state index in [9.17, 15) is 13.6 Å². The van der Waals surface area contributed by atoms with Crippen molar-refractivity contribution in [2.45, 2.75) is 6.54 Å². The van der Waals surface area contributed by atoms with E-state index in [0.717, 1.165) is 17.0 Å². The number of hydrogen-bond donors (Lipinski definition) is 1. The van der Waals surface area contributed by atoms with E-state index < -0.39 is 11.6 Å². The third-order valence-corrected chi connectivity index (χ3v) is 3.89. The Labute approximate surface area is 130 Å². The molecule has 1 N–H and O–H groups in total. The number of nitrogens with zero attached hydrogens (tertiary/aromatic N) is 1. The Balaban J connectivity index is 1.87. The summed E-state index contributed by atoms with van der Waals surface area (Å²) in [6.45, 7) is 0.719. The zero-order chi connectivity index (χ0) is 15.4. The molecule has 0 fully saturated rings. The number of rotatable bonds is 5. The molecule has 0 aliphatic rings. The number of amides is 1. The first-order valence-electron chi connectivity index (χ1n) is 6.11. The zero-order valence-corrected chi connectivity index (χ0v) is 12.8. The van der Waals surface area contributed by atoms with Crippen LogP contribution in [0.25, 0.3) is 0 Å². The first kappa shape index (κ1) is 15.9. The van der Waals surface area contributed by atoms with Gasteiger partial charge in [-0.2, -0.15) is 0 Å². The molecule has 0 atom stereocenters. The van der Waals surface area contributed by atoms with Gasteiger partial charge in [-0.25, -0.2) is 8.78 Å². The second-order valence-corrected chi connectivity index (χ2v) is 6.35. The molecule has 2 rings (SSSR count). The van der Waals surface area contributed by atoms with Gasteiger partial charge in [-0.3, -0.25) is 9.69 Å². The maximum Gasteiger partial charge on any atom is 0.238 e. The molecule has 0 aliphatic heterocycles. The van der Waals surface area contributed by atoms with E-state index in [0.29, 0.717) is 10.9 Å². The fourth-order valence-corrected chi connectivity index (χ4v) is 2.95. The highest BCUT2D eigenvalue weighted by Crippen LogP contribution is 2.22. The molecule has 21 heavy (non-hydrogen) atoms. The van der Waals surface area contributed by atoms with Crippen molar-refractivity contribution < 1.29 is 13.6 Å². The van der Waals surface area contributed by atoms with Crippen molar-refractivity contribution in [3.8, 4) is 0 Å². The molecule has 2 aromatic rings. The van der Waals surface area contributed by atoms with E-state index >= 15 is 0 Å². The molecule has 1 aromatic heterocycles. The van der Waals surface area contributed by atoms with Crippen LogP contribution in [0.2, 0.25) is 4.34 Å². The average molecular weight is 331 g/mol. The van der Waals surface area contributed by atoms with Crippen LogP contribution in [-0.4, -0.2) is 24.4 Å². The number of likely N-dealkylation sites (N-methyl/N-ethyl adjacent to an activating group) is 1. The van der Waals surface area contributed by atoms with Crippen LogP contribution < -0.4 is 5.32 Å². The fraction of sp³-hybridized carbons (Fsp3) is 0.214. The second-order valence-electron chi connectivity index (χ2n) is 4.56. The summed E-state index contributed by atoms with van der Waals surface area (Å²) in [7, 11) is 1.79. The van der Waals surface area contributed by atoms with Crippen molar-refractivity contribution in [2.75, 3.05) is 18.9 Å². The van der Waals surface area contributed by atoms with E-state index in [1.807, 2.05) is 6.07 Å². The lowest BCUT2D eigenvalue weighted by atomic mass is 10.3. The molecular formula is C14H13ClF2N2OS. The lowest BCUT2D eigenvalue weighted by Gasteiger charge is -2.15. The minimum Gasteiger partial charge on any atom is -0.325 e. The molecule has 1 amide bonds. The Morgan fingerprint density at radius 3 is 2.67 bits per heavy atom. The van der Waals surface area contributed by atoms with Gasteiger partial charge in [-0.1, -0.05) is 11.6 Å². The van der Waals surface area contributed by atoms with Gasteiger partial charge in [-0.05, 0) is 31.3 Å². The molecule has 1 aromatic carbocycles. The van der Waals surface area contributed by atoms with Gasteiger partial charge < -0.3 is 5.32 Å². The van der Waals surface area contributed by atoms with Crippen LogP contribution in [0.15, 0.2) is 30.3 Å². The monoisotopic (exact) mass is 330 g/mol. The van der Waals surface area contributed by atoms with Crippen molar-refractivity contribution in [3.05, 3.63) is 51.2 Å². The first-order valence-corrected chi connectivity index (χ1v) is 7.31. The Kier molecular flexibility index (Phi) is 5.27.